The number of carbonyl (C=O) groups excluding carboxylic acids is 1. The van der Waals surface area contributed by atoms with Crippen molar-refractivity contribution in [2.45, 2.75) is 58.5 Å². The van der Waals surface area contributed by atoms with Gasteiger partial charge in [-0.05, 0) is 39.0 Å². The summed E-state index contributed by atoms with van der Waals surface area (Å²) >= 11 is 0. The molecule has 1 aliphatic rings. The molecular weight excluding hydrogens is 232 g/mol. The molecule has 18 heavy (non-hydrogen) atoms. The van der Waals surface area contributed by atoms with Crippen LogP contribution in [0.2, 0.25) is 0 Å². The van der Waals surface area contributed by atoms with Gasteiger partial charge in [0.25, 0.3) is 0 Å². The standard InChI is InChI=1S/C13H24N2O3/c1-4-9(2)15(8-12(16)17)13(18)14-10(3)11-6-5-7-11/h9-11H,4-8H2,1-3H3,(H,14,18)(H,16,17). The summed E-state index contributed by atoms with van der Waals surface area (Å²) in [4.78, 5) is 24.3. The predicted octanol–water partition coefficient (Wildman–Crippen LogP) is 2.07. The minimum absolute atomic E-state index is 0.0605. The Balaban J connectivity index is 2.54. The van der Waals surface area contributed by atoms with Gasteiger partial charge in [-0.15, -0.1) is 0 Å². The second kappa shape index (κ2) is 6.61. The molecule has 5 heteroatoms. The van der Waals surface area contributed by atoms with E-state index in [-0.39, 0.29) is 24.7 Å². The Morgan fingerprint density at radius 2 is 2.00 bits per heavy atom. The van der Waals surface area contributed by atoms with E-state index < -0.39 is 5.97 Å². The number of amides is 2. The van der Waals surface area contributed by atoms with E-state index in [1.807, 2.05) is 20.8 Å². The predicted molar refractivity (Wildman–Crippen MR) is 69.4 cm³/mol. The largest absolute Gasteiger partial charge is 0.480 e. The first-order valence-corrected chi connectivity index (χ1v) is 6.74. The fourth-order valence-electron chi connectivity index (χ4n) is 2.13. The van der Waals surface area contributed by atoms with Crippen LogP contribution in [0.3, 0.4) is 0 Å². The Morgan fingerprint density at radius 3 is 2.39 bits per heavy atom. The van der Waals surface area contributed by atoms with Gasteiger partial charge in [0.15, 0.2) is 0 Å². The minimum atomic E-state index is -0.971. The minimum Gasteiger partial charge on any atom is -0.480 e. The van der Waals surface area contributed by atoms with Crippen LogP contribution in [0, 0.1) is 5.92 Å². The van der Waals surface area contributed by atoms with Crippen LogP contribution in [0.1, 0.15) is 46.5 Å². The second-order valence-electron chi connectivity index (χ2n) is 5.21. The maximum Gasteiger partial charge on any atom is 0.323 e. The first kappa shape index (κ1) is 14.8. The third-order valence-corrected chi connectivity index (χ3v) is 3.90. The molecule has 2 N–H and O–H groups in total. The molecule has 0 aromatic carbocycles. The zero-order valence-corrected chi connectivity index (χ0v) is 11.5. The molecule has 1 saturated carbocycles. The van der Waals surface area contributed by atoms with Crippen molar-refractivity contribution in [2.24, 2.45) is 5.92 Å². The zero-order valence-electron chi connectivity index (χ0n) is 11.5. The number of nitrogens with zero attached hydrogens (tertiary/aromatic N) is 1. The number of hydrogen-bond acceptors (Lipinski definition) is 2. The monoisotopic (exact) mass is 256 g/mol. The molecule has 1 rings (SSSR count). The molecule has 0 heterocycles. The summed E-state index contributed by atoms with van der Waals surface area (Å²) in [6, 6.07) is -0.188. The topological polar surface area (TPSA) is 69.6 Å². The Hall–Kier alpha value is -1.26. The summed E-state index contributed by atoms with van der Waals surface area (Å²) in [5.74, 6) is -0.417. The fraction of sp³-hybridized carbons (Fsp3) is 0.846. The van der Waals surface area contributed by atoms with Gasteiger partial charge in [-0.1, -0.05) is 13.3 Å². The molecule has 5 nitrogen and oxygen atoms in total. The van der Waals surface area contributed by atoms with Crippen LogP contribution >= 0.6 is 0 Å². The fourth-order valence-corrected chi connectivity index (χ4v) is 2.13. The number of aliphatic carboxylic acids is 1. The summed E-state index contributed by atoms with van der Waals surface area (Å²) in [5, 5.41) is 11.8. The van der Waals surface area contributed by atoms with E-state index in [4.69, 9.17) is 5.11 Å². The highest BCUT2D eigenvalue weighted by molar-refractivity contribution is 5.80. The molecule has 0 aliphatic heterocycles. The van der Waals surface area contributed by atoms with Gasteiger partial charge in [-0.3, -0.25) is 4.79 Å². The van der Waals surface area contributed by atoms with Crippen molar-refractivity contribution in [3.63, 3.8) is 0 Å². The third kappa shape index (κ3) is 3.89. The molecule has 1 fully saturated rings. The SMILES string of the molecule is CCC(C)N(CC(=O)O)C(=O)NC(C)C1CCC1. The second-order valence-corrected chi connectivity index (χ2v) is 5.21. The molecule has 2 amide bonds. The number of carboxylic acids is 1. The Kier molecular flexibility index (Phi) is 5.44. The average Bonchev–Trinajstić information content (AvgIpc) is 2.21. The van der Waals surface area contributed by atoms with Gasteiger partial charge in [0.1, 0.15) is 6.54 Å². The number of hydrogen-bond donors (Lipinski definition) is 2. The van der Waals surface area contributed by atoms with Crippen molar-refractivity contribution in [2.75, 3.05) is 6.54 Å². The van der Waals surface area contributed by atoms with Crippen molar-refractivity contribution >= 4 is 12.0 Å². The first-order valence-electron chi connectivity index (χ1n) is 6.74. The zero-order chi connectivity index (χ0) is 13.7. The Bertz CT molecular complexity index is 303. The van der Waals surface area contributed by atoms with E-state index in [1.165, 1.54) is 11.3 Å². The van der Waals surface area contributed by atoms with Crippen LogP contribution in [0.15, 0.2) is 0 Å². The smallest absolute Gasteiger partial charge is 0.323 e. The molecule has 0 spiro atoms. The van der Waals surface area contributed by atoms with Crippen LogP contribution in [-0.2, 0) is 4.79 Å². The van der Waals surface area contributed by atoms with Crippen LogP contribution < -0.4 is 5.32 Å². The van der Waals surface area contributed by atoms with E-state index in [0.29, 0.717) is 5.92 Å². The van der Waals surface area contributed by atoms with Crippen LogP contribution in [0.25, 0.3) is 0 Å². The van der Waals surface area contributed by atoms with Gasteiger partial charge in [0.2, 0.25) is 0 Å². The van der Waals surface area contributed by atoms with Gasteiger partial charge in [0.05, 0.1) is 0 Å². The van der Waals surface area contributed by atoms with E-state index in [0.717, 1.165) is 19.3 Å². The molecular formula is C13H24N2O3. The molecule has 0 saturated heterocycles. The van der Waals surface area contributed by atoms with Crippen molar-refractivity contribution < 1.29 is 14.7 Å². The third-order valence-electron chi connectivity index (χ3n) is 3.90. The molecule has 0 bridgehead atoms. The average molecular weight is 256 g/mol. The number of nitrogens with one attached hydrogen (secondary N) is 1. The first-order chi connectivity index (χ1) is 8.45. The lowest BCUT2D eigenvalue weighted by Crippen LogP contribution is -2.51. The van der Waals surface area contributed by atoms with E-state index in [2.05, 4.69) is 5.32 Å². The van der Waals surface area contributed by atoms with Crippen molar-refractivity contribution in [3.8, 4) is 0 Å². The van der Waals surface area contributed by atoms with Crippen LogP contribution in [0.5, 0.6) is 0 Å². The summed E-state index contributed by atoms with van der Waals surface area (Å²) < 4.78 is 0. The maximum absolute atomic E-state index is 12.1. The highest BCUT2D eigenvalue weighted by atomic mass is 16.4. The van der Waals surface area contributed by atoms with Gasteiger partial charge in [-0.2, -0.15) is 0 Å². The quantitative estimate of drug-likeness (QED) is 0.764. The Morgan fingerprint density at radius 1 is 1.39 bits per heavy atom. The normalized spacial score (nSPS) is 18.6. The van der Waals surface area contributed by atoms with E-state index in [9.17, 15) is 9.59 Å². The van der Waals surface area contributed by atoms with Crippen LogP contribution in [-0.4, -0.2) is 40.6 Å². The van der Waals surface area contributed by atoms with E-state index >= 15 is 0 Å². The summed E-state index contributed by atoms with van der Waals surface area (Å²) in [6.45, 7) is 5.58. The maximum atomic E-state index is 12.1. The molecule has 0 aromatic heterocycles. The summed E-state index contributed by atoms with van der Waals surface area (Å²) in [7, 11) is 0. The van der Waals surface area contributed by atoms with E-state index in [1.54, 1.807) is 0 Å². The van der Waals surface area contributed by atoms with Gasteiger partial charge in [-0.25, -0.2) is 4.79 Å². The lowest BCUT2D eigenvalue weighted by molar-refractivity contribution is -0.138. The molecule has 2 unspecified atom stereocenters. The summed E-state index contributed by atoms with van der Waals surface area (Å²) in [5.41, 5.74) is 0. The van der Waals surface area contributed by atoms with Gasteiger partial charge < -0.3 is 15.3 Å². The lowest BCUT2D eigenvalue weighted by Gasteiger charge is -2.34. The van der Waals surface area contributed by atoms with Crippen molar-refractivity contribution in [1.82, 2.24) is 10.2 Å². The summed E-state index contributed by atoms with van der Waals surface area (Å²) in [6.07, 6.45) is 4.29. The van der Waals surface area contributed by atoms with Crippen molar-refractivity contribution in [3.05, 3.63) is 0 Å². The number of rotatable bonds is 6. The molecule has 2 atom stereocenters. The highest BCUT2D eigenvalue weighted by Gasteiger charge is 2.28. The highest BCUT2D eigenvalue weighted by Crippen LogP contribution is 2.29. The van der Waals surface area contributed by atoms with Gasteiger partial charge in [0, 0.05) is 12.1 Å². The van der Waals surface area contributed by atoms with Crippen LogP contribution in [0.4, 0.5) is 4.79 Å². The van der Waals surface area contributed by atoms with Gasteiger partial charge >= 0.3 is 12.0 Å². The van der Waals surface area contributed by atoms with Crippen molar-refractivity contribution in [1.29, 1.82) is 0 Å². The number of carboxylic acid groups (broad SMARTS) is 1. The molecule has 104 valence electrons. The molecule has 1 aliphatic carbocycles. The Labute approximate surface area is 109 Å². The lowest BCUT2D eigenvalue weighted by atomic mass is 9.80. The molecule has 0 aromatic rings. The number of carbonyl (C=O) groups is 2. The molecule has 0 radical (unpaired) electrons. The number of urea groups is 1.